The molecule has 2 aliphatic rings. The minimum atomic E-state index is -0.00124. The van der Waals surface area contributed by atoms with Gasteiger partial charge in [0.2, 0.25) is 5.91 Å². The quantitative estimate of drug-likeness (QED) is 0.777. The number of carbonyl (C=O) groups is 1. The molecule has 2 heterocycles. The maximum Gasteiger partial charge on any atom is 0.232 e. The van der Waals surface area contributed by atoms with Crippen LogP contribution in [0.3, 0.4) is 0 Å². The maximum absolute atomic E-state index is 12.6. The van der Waals surface area contributed by atoms with Gasteiger partial charge in [0.1, 0.15) is 11.9 Å². The van der Waals surface area contributed by atoms with Crippen LogP contribution in [-0.4, -0.2) is 31.8 Å². The first-order valence-electron chi connectivity index (χ1n) is 6.81. The molecule has 0 aromatic heterocycles. The summed E-state index contributed by atoms with van der Waals surface area (Å²) in [7, 11) is 0. The highest BCUT2D eigenvalue weighted by molar-refractivity contribution is 5.97. The lowest BCUT2D eigenvalue weighted by molar-refractivity contribution is -0.122. The lowest BCUT2D eigenvalue weighted by atomic mass is 10.0. The first-order valence-corrected chi connectivity index (χ1v) is 6.81. The summed E-state index contributed by atoms with van der Waals surface area (Å²) in [5, 5.41) is 0. The molecule has 1 fully saturated rings. The fourth-order valence-corrected chi connectivity index (χ4v) is 2.71. The van der Waals surface area contributed by atoms with Gasteiger partial charge in [0.15, 0.2) is 0 Å². The first-order chi connectivity index (χ1) is 9.15. The average molecular weight is 261 g/mol. The summed E-state index contributed by atoms with van der Waals surface area (Å²) in [6.07, 6.45) is 0.854. The third-order valence-corrected chi connectivity index (χ3v) is 3.72. The third kappa shape index (κ3) is 2.32. The first kappa shape index (κ1) is 12.5. The van der Waals surface area contributed by atoms with Crippen LogP contribution >= 0.6 is 0 Å². The van der Waals surface area contributed by atoms with Crippen molar-refractivity contribution in [2.75, 3.05) is 24.7 Å². The van der Waals surface area contributed by atoms with Crippen LogP contribution in [0.2, 0.25) is 0 Å². The summed E-state index contributed by atoms with van der Waals surface area (Å²) >= 11 is 0. The van der Waals surface area contributed by atoms with Gasteiger partial charge in [-0.3, -0.25) is 4.79 Å². The van der Waals surface area contributed by atoms with Gasteiger partial charge in [0.25, 0.3) is 0 Å². The number of amides is 1. The Hall–Kier alpha value is -1.55. The molecule has 2 atom stereocenters. The highest BCUT2D eigenvalue weighted by atomic mass is 16.5. The van der Waals surface area contributed by atoms with Gasteiger partial charge in [-0.2, -0.15) is 0 Å². The van der Waals surface area contributed by atoms with Gasteiger partial charge >= 0.3 is 0 Å². The van der Waals surface area contributed by atoms with Crippen molar-refractivity contribution in [3.63, 3.8) is 0 Å². The molecule has 0 aliphatic carbocycles. The minimum absolute atomic E-state index is 0.00124. The van der Waals surface area contributed by atoms with Crippen LogP contribution in [-0.2, 0) is 9.53 Å². The number of hydrogen-bond donors (Lipinski definition) is 0. The van der Waals surface area contributed by atoms with Crippen molar-refractivity contribution >= 4 is 11.6 Å². The molecule has 0 radical (unpaired) electrons. The highest BCUT2D eigenvalue weighted by Crippen LogP contribution is 2.35. The highest BCUT2D eigenvalue weighted by Gasteiger charge is 2.33. The zero-order valence-electron chi connectivity index (χ0n) is 11.4. The second kappa shape index (κ2) is 4.85. The average Bonchev–Trinajstić information content (AvgIpc) is 2.91. The number of anilines is 1. The van der Waals surface area contributed by atoms with Crippen molar-refractivity contribution in [1.29, 1.82) is 0 Å². The van der Waals surface area contributed by atoms with Crippen LogP contribution < -0.4 is 9.64 Å². The molecule has 0 unspecified atom stereocenters. The van der Waals surface area contributed by atoms with Crippen LogP contribution in [0.25, 0.3) is 0 Å². The number of fused-ring (bicyclic) bond motifs is 1. The lowest BCUT2D eigenvalue weighted by Crippen LogP contribution is -2.45. The Morgan fingerprint density at radius 2 is 2.26 bits per heavy atom. The molecule has 0 bridgehead atoms. The number of nitrogens with zero attached hydrogens (tertiary/aromatic N) is 1. The third-order valence-electron chi connectivity index (χ3n) is 3.72. The SMILES string of the molecule is Cc1ccc2c(c1)N(C(=O)[C@@H]1CCOC1)C[C@@H](C)O2. The molecule has 102 valence electrons. The van der Waals surface area contributed by atoms with Crippen LogP contribution in [0.15, 0.2) is 18.2 Å². The summed E-state index contributed by atoms with van der Waals surface area (Å²) in [5.41, 5.74) is 2.03. The van der Waals surface area contributed by atoms with Gasteiger partial charge in [-0.15, -0.1) is 0 Å². The molecule has 19 heavy (non-hydrogen) atoms. The van der Waals surface area contributed by atoms with E-state index in [9.17, 15) is 4.79 Å². The van der Waals surface area contributed by atoms with Crippen molar-refractivity contribution in [3.8, 4) is 5.75 Å². The van der Waals surface area contributed by atoms with E-state index in [1.165, 1.54) is 0 Å². The van der Waals surface area contributed by atoms with Crippen LogP contribution in [0, 0.1) is 12.8 Å². The van der Waals surface area contributed by atoms with Crippen molar-refractivity contribution in [1.82, 2.24) is 0 Å². The fraction of sp³-hybridized carbons (Fsp3) is 0.533. The summed E-state index contributed by atoms with van der Waals surface area (Å²) in [4.78, 5) is 14.5. The molecule has 0 saturated carbocycles. The van der Waals surface area contributed by atoms with E-state index in [-0.39, 0.29) is 17.9 Å². The monoisotopic (exact) mass is 261 g/mol. The van der Waals surface area contributed by atoms with E-state index in [2.05, 4.69) is 0 Å². The standard InChI is InChI=1S/C15H19NO3/c1-10-3-4-14-13(7-10)16(8-11(2)19-14)15(17)12-5-6-18-9-12/h3-4,7,11-12H,5-6,8-9H2,1-2H3/t11-,12-/m1/s1. The van der Waals surface area contributed by atoms with Gasteiger partial charge < -0.3 is 14.4 Å². The molecular formula is C15H19NO3. The van der Waals surface area contributed by atoms with Crippen molar-refractivity contribution in [2.45, 2.75) is 26.4 Å². The maximum atomic E-state index is 12.6. The number of carbonyl (C=O) groups excluding carboxylic acids is 1. The Morgan fingerprint density at radius 3 is 3.00 bits per heavy atom. The van der Waals surface area contributed by atoms with Crippen molar-refractivity contribution in [2.24, 2.45) is 5.92 Å². The van der Waals surface area contributed by atoms with Crippen molar-refractivity contribution < 1.29 is 14.3 Å². The Bertz CT molecular complexity index is 494. The predicted molar refractivity (Wildman–Crippen MR) is 72.5 cm³/mol. The fourth-order valence-electron chi connectivity index (χ4n) is 2.71. The summed E-state index contributed by atoms with van der Waals surface area (Å²) in [6, 6.07) is 5.99. The van der Waals surface area contributed by atoms with Gasteiger partial charge in [-0.1, -0.05) is 6.07 Å². The van der Waals surface area contributed by atoms with E-state index < -0.39 is 0 Å². The van der Waals surface area contributed by atoms with Crippen LogP contribution in [0.4, 0.5) is 5.69 Å². The van der Waals surface area contributed by atoms with Gasteiger partial charge in [0.05, 0.1) is 24.8 Å². The van der Waals surface area contributed by atoms with Gasteiger partial charge in [-0.05, 0) is 38.0 Å². The summed E-state index contributed by atoms with van der Waals surface area (Å²) in [6.45, 7) is 5.88. The van der Waals surface area contributed by atoms with Crippen molar-refractivity contribution in [3.05, 3.63) is 23.8 Å². The molecule has 1 aromatic carbocycles. The number of aryl methyl sites for hydroxylation is 1. The molecule has 2 aliphatic heterocycles. The van der Waals surface area contributed by atoms with Gasteiger partial charge in [0, 0.05) is 6.61 Å². The van der Waals surface area contributed by atoms with Gasteiger partial charge in [-0.25, -0.2) is 0 Å². The van der Waals surface area contributed by atoms with E-state index >= 15 is 0 Å². The number of rotatable bonds is 1. The molecule has 0 N–H and O–H groups in total. The normalized spacial score (nSPS) is 25.9. The van der Waals surface area contributed by atoms with E-state index in [4.69, 9.17) is 9.47 Å². The number of ether oxygens (including phenoxy) is 2. The smallest absolute Gasteiger partial charge is 0.232 e. The molecule has 1 amide bonds. The zero-order chi connectivity index (χ0) is 13.4. The molecule has 1 saturated heterocycles. The number of benzene rings is 1. The summed E-state index contributed by atoms with van der Waals surface area (Å²) < 4.78 is 11.1. The second-order valence-electron chi connectivity index (χ2n) is 5.41. The number of hydrogen-bond acceptors (Lipinski definition) is 3. The Morgan fingerprint density at radius 1 is 1.42 bits per heavy atom. The molecule has 0 spiro atoms. The molecule has 3 rings (SSSR count). The molecule has 4 nitrogen and oxygen atoms in total. The van der Waals surface area contributed by atoms with E-state index in [1.54, 1.807) is 0 Å². The molecule has 1 aromatic rings. The Kier molecular flexibility index (Phi) is 3.19. The Balaban J connectivity index is 1.93. The minimum Gasteiger partial charge on any atom is -0.487 e. The predicted octanol–water partition coefficient (Wildman–Crippen LogP) is 2.15. The van der Waals surface area contributed by atoms with E-state index in [0.29, 0.717) is 19.8 Å². The van der Waals surface area contributed by atoms with E-state index in [0.717, 1.165) is 23.4 Å². The topological polar surface area (TPSA) is 38.8 Å². The second-order valence-corrected chi connectivity index (χ2v) is 5.41. The largest absolute Gasteiger partial charge is 0.487 e. The zero-order valence-corrected chi connectivity index (χ0v) is 11.4. The molecular weight excluding hydrogens is 242 g/mol. The van der Waals surface area contributed by atoms with E-state index in [1.807, 2.05) is 36.9 Å². The van der Waals surface area contributed by atoms with Crippen LogP contribution in [0.1, 0.15) is 18.9 Å². The molecule has 4 heteroatoms. The summed E-state index contributed by atoms with van der Waals surface area (Å²) in [5.74, 6) is 0.967. The van der Waals surface area contributed by atoms with Crippen LogP contribution in [0.5, 0.6) is 5.75 Å². The lowest BCUT2D eigenvalue weighted by Gasteiger charge is -2.34. The Labute approximate surface area is 113 Å².